The van der Waals surface area contributed by atoms with Gasteiger partial charge in [0.15, 0.2) is 0 Å². The van der Waals surface area contributed by atoms with E-state index in [9.17, 15) is 0 Å². The topological polar surface area (TPSA) is 64.7 Å². The van der Waals surface area contributed by atoms with Crippen molar-refractivity contribution in [1.29, 1.82) is 0 Å². The van der Waals surface area contributed by atoms with E-state index in [2.05, 4.69) is 185 Å². The molecule has 0 saturated carbocycles. The Hall–Kier alpha value is -8.28. The van der Waals surface area contributed by atoms with E-state index in [1.165, 1.54) is 43.8 Å². The predicted octanol–water partition coefficient (Wildman–Crippen LogP) is 16.0. The van der Waals surface area contributed by atoms with Crippen LogP contribution in [0.1, 0.15) is 22.3 Å². The highest BCUT2D eigenvalue weighted by Gasteiger charge is 2.17. The molecule has 13 aromatic rings. The lowest BCUT2D eigenvalue weighted by molar-refractivity contribution is 0.669. The number of furan rings is 1. The lowest BCUT2D eigenvalue weighted by Gasteiger charge is -2.12. The molecule has 0 N–H and O–H groups in total. The van der Waals surface area contributed by atoms with Crippen LogP contribution in [0.4, 0.5) is 0 Å². The zero-order chi connectivity index (χ0) is 43.5. The third-order valence-electron chi connectivity index (χ3n) is 13.3. The molecule has 0 unspecified atom stereocenters. The molecule has 0 fully saturated rings. The minimum Gasteiger partial charge on any atom is -0.456 e. The van der Waals surface area contributed by atoms with Crippen LogP contribution in [0.5, 0.6) is 0 Å². The molecule has 10 aromatic carbocycles. The standard InChI is InChI=1S/C60H40N4O/c1-33-11-17-43-45-19-13-35(3)25-51(45)59-57(49(43)23-33)61-31-53(63-59)41-9-5-7-37(27-41)39-15-21-55-47(29-39)48-30-40(16-22-56(48)65-55)38-8-6-10-42(28-38)54-32-62-58-50-24-34(2)12-18-44(50)46-20-14-36(4)26-52(46)60(58)64-54/h5-32H,1-4H3. The molecule has 65 heavy (non-hydrogen) atoms. The molecular formula is C60H40N4O. The fourth-order valence-electron chi connectivity index (χ4n) is 10.0. The number of aromatic nitrogens is 4. The van der Waals surface area contributed by atoms with Crippen LogP contribution >= 0.6 is 0 Å². The number of fused-ring (bicyclic) bond motifs is 15. The van der Waals surface area contributed by atoms with E-state index in [0.29, 0.717) is 0 Å². The number of nitrogens with zero attached hydrogens (tertiary/aromatic N) is 4. The van der Waals surface area contributed by atoms with Gasteiger partial charge >= 0.3 is 0 Å². The van der Waals surface area contributed by atoms with Gasteiger partial charge in [0, 0.05) is 43.4 Å². The number of rotatable bonds is 4. The molecule has 0 spiro atoms. The second-order valence-electron chi connectivity index (χ2n) is 17.8. The summed E-state index contributed by atoms with van der Waals surface area (Å²) in [4.78, 5) is 20.8. The van der Waals surface area contributed by atoms with E-state index in [1.54, 1.807) is 0 Å². The molecule has 13 rings (SSSR count). The maximum Gasteiger partial charge on any atom is 0.135 e. The Morgan fingerprint density at radius 2 is 0.646 bits per heavy atom. The normalized spacial score (nSPS) is 12.0. The van der Waals surface area contributed by atoms with Gasteiger partial charge in [0.2, 0.25) is 0 Å². The van der Waals surface area contributed by atoms with E-state index in [4.69, 9.17) is 24.4 Å². The average Bonchev–Trinajstić information content (AvgIpc) is 3.71. The number of hydrogen-bond donors (Lipinski definition) is 0. The van der Waals surface area contributed by atoms with Crippen LogP contribution in [0, 0.1) is 27.7 Å². The highest BCUT2D eigenvalue weighted by molar-refractivity contribution is 6.24. The first-order chi connectivity index (χ1) is 31.8. The van der Waals surface area contributed by atoms with Gasteiger partial charge in [-0.15, -0.1) is 0 Å². The van der Waals surface area contributed by atoms with Gasteiger partial charge in [0.05, 0.1) is 45.8 Å². The molecule has 5 nitrogen and oxygen atoms in total. The van der Waals surface area contributed by atoms with E-state index in [-0.39, 0.29) is 0 Å². The summed E-state index contributed by atoms with van der Waals surface area (Å²) >= 11 is 0. The molecule has 0 saturated heterocycles. The molecule has 0 aliphatic carbocycles. The van der Waals surface area contributed by atoms with Crippen molar-refractivity contribution in [1.82, 2.24) is 19.9 Å². The Kier molecular flexibility index (Phi) is 8.10. The van der Waals surface area contributed by atoms with E-state index >= 15 is 0 Å². The molecule has 0 aliphatic heterocycles. The van der Waals surface area contributed by atoms with Gasteiger partial charge in [-0.2, -0.15) is 0 Å². The van der Waals surface area contributed by atoms with Crippen LogP contribution in [0.3, 0.4) is 0 Å². The second-order valence-corrected chi connectivity index (χ2v) is 17.8. The molecular weight excluding hydrogens is 793 g/mol. The summed E-state index contributed by atoms with van der Waals surface area (Å²) in [6.07, 6.45) is 3.85. The molecule has 3 heterocycles. The van der Waals surface area contributed by atoms with Gasteiger partial charge in [0.25, 0.3) is 0 Å². The Labute approximate surface area is 374 Å². The summed E-state index contributed by atoms with van der Waals surface area (Å²) in [6.45, 7) is 8.53. The fourth-order valence-corrected chi connectivity index (χ4v) is 10.0. The second kappa shape index (κ2) is 14.1. The van der Waals surface area contributed by atoms with Crippen LogP contribution in [-0.4, -0.2) is 19.9 Å². The van der Waals surface area contributed by atoms with Gasteiger partial charge in [-0.3, -0.25) is 9.97 Å². The zero-order valence-corrected chi connectivity index (χ0v) is 36.4. The zero-order valence-electron chi connectivity index (χ0n) is 36.4. The Balaban J connectivity index is 0.879. The molecule has 0 aliphatic rings. The summed E-state index contributed by atoms with van der Waals surface area (Å²) < 4.78 is 6.43. The third-order valence-corrected chi connectivity index (χ3v) is 13.3. The van der Waals surface area contributed by atoms with Gasteiger partial charge in [0.1, 0.15) is 11.2 Å². The van der Waals surface area contributed by atoms with Crippen molar-refractivity contribution in [3.05, 3.63) is 192 Å². The molecule has 0 bridgehead atoms. The first-order valence-corrected chi connectivity index (χ1v) is 22.2. The molecule has 0 radical (unpaired) electrons. The number of hydrogen-bond acceptors (Lipinski definition) is 5. The van der Waals surface area contributed by atoms with Crippen molar-refractivity contribution in [2.45, 2.75) is 27.7 Å². The maximum absolute atomic E-state index is 6.43. The van der Waals surface area contributed by atoms with Crippen LogP contribution in [0.2, 0.25) is 0 Å². The lowest BCUT2D eigenvalue weighted by atomic mass is 9.96. The molecule has 0 amide bonds. The van der Waals surface area contributed by atoms with Crippen molar-refractivity contribution >= 4 is 87.1 Å². The van der Waals surface area contributed by atoms with E-state index in [1.807, 2.05) is 12.4 Å². The maximum atomic E-state index is 6.43. The SMILES string of the molecule is Cc1ccc2c3ccc(C)cc3c3nc(-c4cccc(-c5ccc6oc7ccc(-c8cccc(-c9cnc%10c%11cc(C)ccc%11c%11ccc(C)cc%11c%10n9)c8)cc7c6c5)c4)cnc3c2c1. The summed E-state index contributed by atoms with van der Waals surface area (Å²) in [7, 11) is 0. The van der Waals surface area contributed by atoms with Crippen LogP contribution in [0.15, 0.2) is 175 Å². The number of aryl methyl sites for hydroxylation is 4. The summed E-state index contributed by atoms with van der Waals surface area (Å²) in [5.74, 6) is 0. The number of benzene rings is 10. The van der Waals surface area contributed by atoms with Gasteiger partial charge in [-0.05, 0) is 132 Å². The van der Waals surface area contributed by atoms with Crippen molar-refractivity contribution < 1.29 is 4.42 Å². The monoisotopic (exact) mass is 832 g/mol. The van der Waals surface area contributed by atoms with Gasteiger partial charge < -0.3 is 4.42 Å². The summed E-state index contributed by atoms with van der Waals surface area (Å²) in [5, 5.41) is 11.5. The minimum atomic E-state index is 0.845. The average molecular weight is 833 g/mol. The first-order valence-electron chi connectivity index (χ1n) is 22.2. The quantitative estimate of drug-likeness (QED) is 0.165. The Bertz CT molecular complexity index is 3910. The van der Waals surface area contributed by atoms with Crippen molar-refractivity contribution in [2.75, 3.05) is 0 Å². The smallest absolute Gasteiger partial charge is 0.135 e. The molecule has 306 valence electrons. The van der Waals surface area contributed by atoms with Crippen LogP contribution in [-0.2, 0) is 0 Å². The highest BCUT2D eigenvalue weighted by atomic mass is 16.3. The predicted molar refractivity (Wildman–Crippen MR) is 271 cm³/mol. The summed E-state index contributed by atoms with van der Waals surface area (Å²) in [6, 6.07) is 56.7. The summed E-state index contributed by atoms with van der Waals surface area (Å²) in [5.41, 5.74) is 18.4. The largest absolute Gasteiger partial charge is 0.456 e. The van der Waals surface area contributed by atoms with E-state index in [0.717, 1.165) is 110 Å². The first kappa shape index (κ1) is 37.3. The fraction of sp³-hybridized carbons (Fsp3) is 0.0667. The molecule has 3 aromatic heterocycles. The highest BCUT2D eigenvalue weighted by Crippen LogP contribution is 2.40. The third kappa shape index (κ3) is 6.00. The Morgan fingerprint density at radius 3 is 1.05 bits per heavy atom. The minimum absolute atomic E-state index is 0.845. The molecule has 0 atom stereocenters. The van der Waals surface area contributed by atoms with Crippen LogP contribution < -0.4 is 0 Å². The lowest BCUT2D eigenvalue weighted by Crippen LogP contribution is -1.93. The van der Waals surface area contributed by atoms with Crippen molar-refractivity contribution in [3.63, 3.8) is 0 Å². The van der Waals surface area contributed by atoms with Crippen molar-refractivity contribution in [3.8, 4) is 44.8 Å². The Morgan fingerprint density at radius 1 is 0.292 bits per heavy atom. The van der Waals surface area contributed by atoms with Gasteiger partial charge in [-0.1, -0.05) is 119 Å². The van der Waals surface area contributed by atoms with E-state index < -0.39 is 0 Å². The molecule has 5 heteroatoms. The van der Waals surface area contributed by atoms with Gasteiger partial charge in [-0.25, -0.2) is 9.97 Å². The van der Waals surface area contributed by atoms with Crippen molar-refractivity contribution in [2.24, 2.45) is 0 Å². The van der Waals surface area contributed by atoms with Crippen LogP contribution in [0.25, 0.3) is 132 Å².